The van der Waals surface area contributed by atoms with Crippen LogP contribution >= 0.6 is 11.8 Å². The number of nitrogen functional groups attached to an aromatic ring is 1. The molecule has 96 valence electrons. The Hall–Kier alpha value is -1.62. The summed E-state index contributed by atoms with van der Waals surface area (Å²) in [5, 5.41) is 3.94. The van der Waals surface area contributed by atoms with Crippen molar-refractivity contribution in [3.05, 3.63) is 23.8 Å². The molecule has 0 radical (unpaired) electrons. The third-order valence-corrected chi connectivity index (χ3v) is 3.61. The number of aromatic nitrogens is 1. The Morgan fingerprint density at radius 3 is 2.67 bits per heavy atom. The van der Waals surface area contributed by atoms with Crippen LogP contribution in [0.5, 0.6) is 5.75 Å². The molecule has 0 unspecified atom stereocenters. The topological polar surface area (TPSA) is 61.3 Å². The number of nitrogens with zero attached hydrogens (tertiary/aromatic N) is 1. The van der Waals surface area contributed by atoms with Crippen molar-refractivity contribution in [2.24, 2.45) is 0 Å². The fourth-order valence-corrected chi connectivity index (χ4v) is 2.55. The lowest BCUT2D eigenvalue weighted by Gasteiger charge is -2.12. The summed E-state index contributed by atoms with van der Waals surface area (Å²) in [7, 11) is 1.65. The molecule has 0 amide bonds. The van der Waals surface area contributed by atoms with E-state index in [-0.39, 0.29) is 0 Å². The van der Waals surface area contributed by atoms with Gasteiger partial charge in [0.05, 0.1) is 7.11 Å². The molecule has 18 heavy (non-hydrogen) atoms. The molecular weight excluding hydrogens is 248 g/mol. The zero-order chi connectivity index (χ0) is 13.1. The van der Waals surface area contributed by atoms with Crippen molar-refractivity contribution in [3.63, 3.8) is 0 Å². The highest BCUT2D eigenvalue weighted by Gasteiger charge is 2.14. The number of aryl methyl sites for hydroxylation is 1. The van der Waals surface area contributed by atoms with Gasteiger partial charge >= 0.3 is 0 Å². The first-order chi connectivity index (χ1) is 8.69. The molecule has 0 fully saturated rings. The van der Waals surface area contributed by atoms with E-state index in [1.807, 2.05) is 6.07 Å². The van der Waals surface area contributed by atoms with Crippen LogP contribution in [0.1, 0.15) is 12.5 Å². The fourth-order valence-electron chi connectivity index (χ4n) is 1.85. The SMILES string of the molecule is CCc1cc(OC)c(-c2cc(N)on2)cc1SC. The summed E-state index contributed by atoms with van der Waals surface area (Å²) in [4.78, 5) is 1.22. The highest BCUT2D eigenvalue weighted by atomic mass is 32.2. The van der Waals surface area contributed by atoms with Crippen LogP contribution in [0.15, 0.2) is 27.6 Å². The first-order valence-corrected chi connectivity index (χ1v) is 6.89. The Labute approximate surface area is 110 Å². The van der Waals surface area contributed by atoms with Gasteiger partial charge in [-0.25, -0.2) is 0 Å². The lowest BCUT2D eigenvalue weighted by molar-refractivity contribution is 0.413. The fraction of sp³-hybridized carbons (Fsp3) is 0.308. The van der Waals surface area contributed by atoms with Gasteiger partial charge in [-0.15, -0.1) is 11.8 Å². The number of ether oxygens (including phenoxy) is 1. The second kappa shape index (κ2) is 5.35. The van der Waals surface area contributed by atoms with E-state index in [4.69, 9.17) is 15.0 Å². The Balaban J connectivity index is 2.58. The normalized spacial score (nSPS) is 10.6. The minimum Gasteiger partial charge on any atom is -0.496 e. The van der Waals surface area contributed by atoms with Gasteiger partial charge in [0.1, 0.15) is 11.4 Å². The Bertz CT molecular complexity index is 552. The monoisotopic (exact) mass is 264 g/mol. The predicted octanol–water partition coefficient (Wildman–Crippen LogP) is 3.22. The van der Waals surface area contributed by atoms with Crippen LogP contribution in [0.3, 0.4) is 0 Å². The second-order valence-electron chi connectivity index (χ2n) is 3.83. The number of nitrogens with two attached hydrogens (primary N) is 1. The van der Waals surface area contributed by atoms with Crippen molar-refractivity contribution in [2.75, 3.05) is 19.1 Å². The van der Waals surface area contributed by atoms with Crippen molar-refractivity contribution in [3.8, 4) is 17.0 Å². The molecule has 5 heteroatoms. The average Bonchev–Trinajstić information content (AvgIpc) is 2.83. The van der Waals surface area contributed by atoms with Crippen molar-refractivity contribution < 1.29 is 9.26 Å². The van der Waals surface area contributed by atoms with Crippen LogP contribution in [-0.2, 0) is 6.42 Å². The molecular formula is C13H16N2O2S. The maximum Gasteiger partial charge on any atom is 0.222 e. The van der Waals surface area contributed by atoms with Gasteiger partial charge in [-0.1, -0.05) is 12.1 Å². The van der Waals surface area contributed by atoms with Crippen LogP contribution in [0.25, 0.3) is 11.3 Å². The van der Waals surface area contributed by atoms with E-state index in [1.54, 1.807) is 24.9 Å². The molecule has 1 aromatic carbocycles. The molecule has 0 saturated carbocycles. The molecule has 0 spiro atoms. The van der Waals surface area contributed by atoms with Crippen molar-refractivity contribution in [1.29, 1.82) is 0 Å². The highest BCUT2D eigenvalue weighted by molar-refractivity contribution is 7.98. The Kier molecular flexibility index (Phi) is 3.81. The van der Waals surface area contributed by atoms with Crippen LogP contribution in [0, 0.1) is 0 Å². The second-order valence-corrected chi connectivity index (χ2v) is 4.68. The third-order valence-electron chi connectivity index (χ3n) is 2.79. The van der Waals surface area contributed by atoms with Gasteiger partial charge < -0.3 is 15.0 Å². The van der Waals surface area contributed by atoms with Gasteiger partial charge in [0.2, 0.25) is 5.88 Å². The van der Waals surface area contributed by atoms with E-state index in [0.717, 1.165) is 17.7 Å². The summed E-state index contributed by atoms with van der Waals surface area (Å²) < 4.78 is 10.3. The molecule has 4 nitrogen and oxygen atoms in total. The maximum atomic E-state index is 5.56. The van der Waals surface area contributed by atoms with E-state index in [9.17, 15) is 0 Å². The van der Waals surface area contributed by atoms with Crippen LogP contribution in [0.4, 0.5) is 5.88 Å². The van der Waals surface area contributed by atoms with Crippen LogP contribution in [0.2, 0.25) is 0 Å². The van der Waals surface area contributed by atoms with Gasteiger partial charge in [0.25, 0.3) is 0 Å². The highest BCUT2D eigenvalue weighted by Crippen LogP contribution is 2.36. The lowest BCUT2D eigenvalue weighted by atomic mass is 10.1. The smallest absolute Gasteiger partial charge is 0.222 e. The first kappa shape index (κ1) is 12.8. The number of rotatable bonds is 4. The lowest BCUT2D eigenvalue weighted by Crippen LogP contribution is -1.93. The molecule has 0 aliphatic rings. The summed E-state index contributed by atoms with van der Waals surface area (Å²) >= 11 is 1.71. The number of hydrogen-bond acceptors (Lipinski definition) is 5. The minimum absolute atomic E-state index is 0.303. The Morgan fingerprint density at radius 1 is 1.39 bits per heavy atom. The molecule has 0 saturated heterocycles. The van der Waals surface area contributed by atoms with Crippen LogP contribution in [-0.4, -0.2) is 18.5 Å². The number of benzene rings is 1. The van der Waals surface area contributed by atoms with Crippen molar-refractivity contribution in [1.82, 2.24) is 5.16 Å². The van der Waals surface area contributed by atoms with Crippen molar-refractivity contribution in [2.45, 2.75) is 18.2 Å². The molecule has 1 aromatic heterocycles. The molecule has 0 bridgehead atoms. The van der Waals surface area contributed by atoms with E-state index < -0.39 is 0 Å². The van der Waals surface area contributed by atoms with E-state index in [0.29, 0.717) is 11.6 Å². The van der Waals surface area contributed by atoms with Gasteiger partial charge in [-0.05, 0) is 30.4 Å². The zero-order valence-electron chi connectivity index (χ0n) is 10.7. The molecule has 0 aliphatic heterocycles. The van der Waals surface area contributed by atoms with Gasteiger partial charge in [-0.3, -0.25) is 0 Å². The zero-order valence-corrected chi connectivity index (χ0v) is 11.5. The number of hydrogen-bond donors (Lipinski definition) is 1. The Morgan fingerprint density at radius 2 is 2.17 bits per heavy atom. The molecule has 2 aromatic rings. The van der Waals surface area contributed by atoms with E-state index in [1.165, 1.54) is 10.5 Å². The third kappa shape index (κ3) is 2.31. The minimum atomic E-state index is 0.303. The quantitative estimate of drug-likeness (QED) is 0.859. The molecule has 2 rings (SSSR count). The maximum absolute atomic E-state index is 5.56. The average molecular weight is 264 g/mol. The van der Waals surface area contributed by atoms with E-state index >= 15 is 0 Å². The summed E-state index contributed by atoms with van der Waals surface area (Å²) in [6.45, 7) is 2.13. The first-order valence-electron chi connectivity index (χ1n) is 5.67. The molecule has 0 atom stereocenters. The predicted molar refractivity (Wildman–Crippen MR) is 74.1 cm³/mol. The summed E-state index contributed by atoms with van der Waals surface area (Å²) in [6, 6.07) is 5.82. The molecule has 1 heterocycles. The molecule has 2 N–H and O–H groups in total. The number of anilines is 1. The van der Waals surface area contributed by atoms with Crippen LogP contribution < -0.4 is 10.5 Å². The van der Waals surface area contributed by atoms with E-state index in [2.05, 4.69) is 24.4 Å². The number of thioether (sulfide) groups is 1. The summed E-state index contributed by atoms with van der Waals surface area (Å²) in [5.74, 6) is 1.09. The van der Waals surface area contributed by atoms with Gasteiger partial charge in [0.15, 0.2) is 0 Å². The van der Waals surface area contributed by atoms with Gasteiger partial charge in [0, 0.05) is 16.5 Å². The summed E-state index contributed by atoms with van der Waals surface area (Å²) in [6.07, 6.45) is 3.02. The van der Waals surface area contributed by atoms with Crippen molar-refractivity contribution >= 4 is 17.6 Å². The number of methoxy groups -OCH3 is 1. The summed E-state index contributed by atoms with van der Waals surface area (Å²) in [5.41, 5.74) is 8.42. The van der Waals surface area contributed by atoms with Gasteiger partial charge in [-0.2, -0.15) is 0 Å². The standard InChI is InChI=1S/C13H16N2O2S/c1-4-8-5-11(16-2)9(6-12(8)18-3)10-7-13(14)17-15-10/h5-7H,4,14H2,1-3H3. The molecule has 0 aliphatic carbocycles. The largest absolute Gasteiger partial charge is 0.496 e.